The van der Waals surface area contributed by atoms with Crippen LogP contribution in [0.5, 0.6) is 0 Å². The molecule has 0 bridgehead atoms. The average molecular weight is 387 g/mol. The molecule has 1 aliphatic rings. The van der Waals surface area contributed by atoms with Gasteiger partial charge in [-0.2, -0.15) is 0 Å². The van der Waals surface area contributed by atoms with Gasteiger partial charge in [0, 0.05) is 11.3 Å². The van der Waals surface area contributed by atoms with E-state index in [0.717, 1.165) is 16.7 Å². The number of aliphatic hydroxyl groups excluding tert-OH is 1. The van der Waals surface area contributed by atoms with Crippen LogP contribution in [0.3, 0.4) is 0 Å². The normalized spacial score (nSPS) is 18.4. The Kier molecular flexibility index (Phi) is 4.59. The van der Waals surface area contributed by atoms with Crippen molar-refractivity contribution in [3.8, 4) is 0 Å². The number of ketones is 1. The molecular weight excluding hydrogens is 366 g/mol. The van der Waals surface area contributed by atoms with Crippen LogP contribution in [0.2, 0.25) is 0 Å². The molecule has 0 radical (unpaired) electrons. The number of nitrogens with zero attached hydrogens (tertiary/aromatic N) is 1. The third-order valence-corrected chi connectivity index (χ3v) is 5.21. The predicted molar refractivity (Wildman–Crippen MR) is 111 cm³/mol. The second kappa shape index (κ2) is 7.09. The van der Waals surface area contributed by atoms with Crippen LogP contribution in [0, 0.1) is 20.8 Å². The lowest BCUT2D eigenvalue weighted by molar-refractivity contribution is -0.132. The Morgan fingerprint density at radius 3 is 2.31 bits per heavy atom. The summed E-state index contributed by atoms with van der Waals surface area (Å²) in [4.78, 5) is 27.5. The first kappa shape index (κ1) is 18.7. The molecule has 4 rings (SSSR count). The number of hydrogen-bond donors (Lipinski definition) is 1. The lowest BCUT2D eigenvalue weighted by atomic mass is 9.98. The highest BCUT2D eigenvalue weighted by molar-refractivity contribution is 6.51. The molecule has 2 heterocycles. The second-order valence-electron chi connectivity index (χ2n) is 7.34. The number of benzene rings is 2. The molecule has 1 atom stereocenters. The van der Waals surface area contributed by atoms with Crippen LogP contribution >= 0.6 is 0 Å². The molecule has 1 unspecified atom stereocenters. The number of furan rings is 1. The molecular formula is C24H21NO4. The van der Waals surface area contributed by atoms with E-state index in [-0.39, 0.29) is 11.3 Å². The van der Waals surface area contributed by atoms with Gasteiger partial charge in [0.2, 0.25) is 0 Å². The fourth-order valence-corrected chi connectivity index (χ4v) is 3.64. The van der Waals surface area contributed by atoms with Crippen molar-refractivity contribution in [2.24, 2.45) is 0 Å². The van der Waals surface area contributed by atoms with Gasteiger partial charge in [0.05, 0.1) is 11.8 Å². The van der Waals surface area contributed by atoms with Gasteiger partial charge < -0.3 is 9.52 Å². The minimum atomic E-state index is -0.841. The molecule has 0 spiro atoms. The summed E-state index contributed by atoms with van der Waals surface area (Å²) < 4.78 is 5.58. The SMILES string of the molecule is Cc1ccc(/C(O)=C2/C(=O)C(=O)N(c3cc(C)ccc3C)C2c2ccco2)cc1. The Morgan fingerprint density at radius 1 is 0.966 bits per heavy atom. The molecule has 1 amide bonds. The maximum atomic E-state index is 13.1. The minimum absolute atomic E-state index is 0.0229. The molecule has 0 aliphatic carbocycles. The summed E-state index contributed by atoms with van der Waals surface area (Å²) in [6.45, 7) is 5.74. The first-order valence-corrected chi connectivity index (χ1v) is 9.37. The highest BCUT2D eigenvalue weighted by atomic mass is 16.3. The summed E-state index contributed by atoms with van der Waals surface area (Å²) in [7, 11) is 0. The first-order valence-electron chi connectivity index (χ1n) is 9.37. The van der Waals surface area contributed by atoms with Gasteiger partial charge in [-0.25, -0.2) is 0 Å². The molecule has 1 fully saturated rings. The summed E-state index contributed by atoms with van der Waals surface area (Å²) in [5.74, 6) is -1.21. The third-order valence-electron chi connectivity index (χ3n) is 5.21. The molecule has 5 heteroatoms. The maximum absolute atomic E-state index is 13.1. The number of rotatable bonds is 3. The van der Waals surface area contributed by atoms with Crippen LogP contribution in [0.15, 0.2) is 70.9 Å². The lowest BCUT2D eigenvalue weighted by Gasteiger charge is -2.25. The average Bonchev–Trinajstić information content (AvgIpc) is 3.31. The van der Waals surface area contributed by atoms with Gasteiger partial charge in [0.1, 0.15) is 17.6 Å². The van der Waals surface area contributed by atoms with Gasteiger partial charge in [0.25, 0.3) is 11.7 Å². The van der Waals surface area contributed by atoms with Crippen molar-refractivity contribution in [3.63, 3.8) is 0 Å². The molecule has 5 nitrogen and oxygen atoms in total. The highest BCUT2D eigenvalue weighted by Gasteiger charge is 2.48. The first-order chi connectivity index (χ1) is 13.9. The Bertz CT molecular complexity index is 1120. The monoisotopic (exact) mass is 387 g/mol. The van der Waals surface area contributed by atoms with E-state index in [9.17, 15) is 14.7 Å². The zero-order chi connectivity index (χ0) is 20.7. The third kappa shape index (κ3) is 3.14. The van der Waals surface area contributed by atoms with Crippen molar-refractivity contribution in [2.75, 3.05) is 4.90 Å². The smallest absolute Gasteiger partial charge is 0.300 e. The van der Waals surface area contributed by atoms with Crippen LogP contribution in [0.1, 0.15) is 34.1 Å². The topological polar surface area (TPSA) is 70.8 Å². The van der Waals surface area contributed by atoms with E-state index in [1.807, 2.05) is 51.1 Å². The second-order valence-corrected chi connectivity index (χ2v) is 7.34. The van der Waals surface area contributed by atoms with E-state index in [1.165, 1.54) is 11.2 Å². The Morgan fingerprint density at radius 2 is 1.66 bits per heavy atom. The van der Waals surface area contributed by atoms with Gasteiger partial charge in [-0.1, -0.05) is 42.0 Å². The highest BCUT2D eigenvalue weighted by Crippen LogP contribution is 2.43. The molecule has 29 heavy (non-hydrogen) atoms. The Balaban J connectivity index is 1.95. The van der Waals surface area contributed by atoms with Crippen LogP contribution in [-0.4, -0.2) is 16.8 Å². The largest absolute Gasteiger partial charge is 0.507 e. The molecule has 1 aliphatic heterocycles. The van der Waals surface area contributed by atoms with Crippen LogP contribution in [0.25, 0.3) is 5.76 Å². The predicted octanol–water partition coefficient (Wildman–Crippen LogP) is 4.83. The number of carbonyl (C=O) groups excluding carboxylic acids is 2. The quantitative estimate of drug-likeness (QED) is 0.397. The van der Waals surface area contributed by atoms with Crippen molar-refractivity contribution in [3.05, 3.63) is 94.4 Å². The number of aliphatic hydroxyl groups is 1. The van der Waals surface area contributed by atoms with Gasteiger partial charge in [-0.3, -0.25) is 14.5 Å². The van der Waals surface area contributed by atoms with Gasteiger partial charge in [-0.15, -0.1) is 0 Å². The van der Waals surface area contributed by atoms with Crippen molar-refractivity contribution < 1.29 is 19.1 Å². The van der Waals surface area contributed by atoms with E-state index in [1.54, 1.807) is 24.3 Å². The number of Topliss-reactive ketones (excluding diaryl/α,β-unsaturated/α-hetero) is 1. The fourth-order valence-electron chi connectivity index (χ4n) is 3.64. The van der Waals surface area contributed by atoms with E-state index < -0.39 is 17.7 Å². The summed E-state index contributed by atoms with van der Waals surface area (Å²) in [6, 6.07) is 15.4. The fraction of sp³-hybridized carbons (Fsp3) is 0.167. The van der Waals surface area contributed by atoms with Crippen molar-refractivity contribution >= 4 is 23.1 Å². The lowest BCUT2D eigenvalue weighted by Crippen LogP contribution is -2.30. The summed E-state index contributed by atoms with van der Waals surface area (Å²) in [6.07, 6.45) is 1.49. The standard InChI is InChI=1S/C24H21NO4/c1-14-7-10-17(11-8-14)22(26)20-21(19-5-4-12-29-19)25(24(28)23(20)27)18-13-15(2)6-9-16(18)3/h4-13,21,26H,1-3H3/b22-20-. The van der Waals surface area contributed by atoms with E-state index in [2.05, 4.69) is 0 Å². The summed E-state index contributed by atoms with van der Waals surface area (Å²) in [5.41, 5.74) is 3.96. The number of aryl methyl sites for hydroxylation is 3. The molecule has 1 aromatic heterocycles. The van der Waals surface area contributed by atoms with Gasteiger partial charge in [0.15, 0.2) is 0 Å². The Hall–Kier alpha value is -3.60. The van der Waals surface area contributed by atoms with E-state index in [4.69, 9.17) is 4.42 Å². The van der Waals surface area contributed by atoms with Gasteiger partial charge in [-0.05, 0) is 50.1 Å². The van der Waals surface area contributed by atoms with E-state index >= 15 is 0 Å². The summed E-state index contributed by atoms with van der Waals surface area (Å²) in [5, 5.41) is 11.0. The van der Waals surface area contributed by atoms with E-state index in [0.29, 0.717) is 17.0 Å². The zero-order valence-corrected chi connectivity index (χ0v) is 16.5. The number of anilines is 1. The van der Waals surface area contributed by atoms with Gasteiger partial charge >= 0.3 is 0 Å². The molecule has 1 N–H and O–H groups in total. The maximum Gasteiger partial charge on any atom is 0.300 e. The number of carbonyl (C=O) groups is 2. The van der Waals surface area contributed by atoms with Crippen LogP contribution in [-0.2, 0) is 9.59 Å². The summed E-state index contributed by atoms with van der Waals surface area (Å²) >= 11 is 0. The Labute approximate surface area is 168 Å². The molecule has 1 saturated heterocycles. The number of hydrogen-bond acceptors (Lipinski definition) is 4. The molecule has 2 aromatic carbocycles. The molecule has 3 aromatic rings. The zero-order valence-electron chi connectivity index (χ0n) is 16.5. The van der Waals surface area contributed by atoms with Crippen molar-refractivity contribution in [1.29, 1.82) is 0 Å². The molecule has 146 valence electrons. The van der Waals surface area contributed by atoms with Crippen molar-refractivity contribution in [1.82, 2.24) is 0 Å². The van der Waals surface area contributed by atoms with Crippen LogP contribution in [0.4, 0.5) is 5.69 Å². The molecule has 0 saturated carbocycles. The van der Waals surface area contributed by atoms with Crippen LogP contribution < -0.4 is 4.90 Å². The van der Waals surface area contributed by atoms with Crippen molar-refractivity contribution in [2.45, 2.75) is 26.8 Å². The number of amides is 1. The minimum Gasteiger partial charge on any atom is -0.507 e.